The van der Waals surface area contributed by atoms with Gasteiger partial charge >= 0.3 is 0 Å². The lowest BCUT2D eigenvalue weighted by Crippen LogP contribution is -2.08. The predicted molar refractivity (Wildman–Crippen MR) is 86.0 cm³/mol. The summed E-state index contributed by atoms with van der Waals surface area (Å²) >= 11 is 0. The van der Waals surface area contributed by atoms with Gasteiger partial charge in [-0.25, -0.2) is 0 Å². The molecule has 0 bridgehead atoms. The zero-order chi connectivity index (χ0) is 16.1. The quantitative estimate of drug-likeness (QED) is 0.753. The average molecular weight is 311 g/mol. The molecular weight excluding hydrogens is 294 g/mol. The van der Waals surface area contributed by atoms with Crippen molar-refractivity contribution in [3.63, 3.8) is 0 Å². The van der Waals surface area contributed by atoms with Crippen LogP contribution in [0.25, 0.3) is 5.69 Å². The Morgan fingerprint density at radius 3 is 2.57 bits per heavy atom. The van der Waals surface area contributed by atoms with Crippen molar-refractivity contribution in [2.75, 3.05) is 19.5 Å². The van der Waals surface area contributed by atoms with Crippen molar-refractivity contribution in [2.24, 2.45) is 0 Å². The van der Waals surface area contributed by atoms with Gasteiger partial charge in [0, 0.05) is 12.1 Å². The Kier molecular flexibility index (Phi) is 4.37. The van der Waals surface area contributed by atoms with Crippen LogP contribution in [-0.2, 0) is 6.54 Å². The molecule has 0 unspecified atom stereocenters. The summed E-state index contributed by atoms with van der Waals surface area (Å²) in [6, 6.07) is 15.4. The van der Waals surface area contributed by atoms with Gasteiger partial charge in [0.2, 0.25) is 5.95 Å². The minimum absolute atomic E-state index is 0.508. The van der Waals surface area contributed by atoms with Crippen molar-refractivity contribution >= 4 is 5.95 Å². The SMILES string of the molecule is COc1cccc(CNc2nnnn2-c2ccccc2)c1OC. The maximum absolute atomic E-state index is 5.43. The van der Waals surface area contributed by atoms with E-state index in [1.54, 1.807) is 18.9 Å². The maximum atomic E-state index is 5.43. The van der Waals surface area contributed by atoms with E-state index in [1.807, 2.05) is 48.5 Å². The molecule has 0 saturated carbocycles. The summed E-state index contributed by atoms with van der Waals surface area (Å²) in [5.74, 6) is 1.94. The van der Waals surface area contributed by atoms with Crippen LogP contribution in [0.3, 0.4) is 0 Å². The molecule has 0 aliphatic rings. The molecule has 2 aromatic carbocycles. The van der Waals surface area contributed by atoms with E-state index in [9.17, 15) is 0 Å². The molecule has 3 rings (SSSR count). The van der Waals surface area contributed by atoms with Gasteiger partial charge in [0.15, 0.2) is 11.5 Å². The summed E-state index contributed by atoms with van der Waals surface area (Å²) in [6.45, 7) is 0.508. The van der Waals surface area contributed by atoms with Gasteiger partial charge < -0.3 is 14.8 Å². The first-order valence-corrected chi connectivity index (χ1v) is 7.11. The minimum Gasteiger partial charge on any atom is -0.493 e. The Balaban J connectivity index is 1.82. The van der Waals surface area contributed by atoms with Crippen LogP contribution in [0.2, 0.25) is 0 Å². The lowest BCUT2D eigenvalue weighted by atomic mass is 10.2. The summed E-state index contributed by atoms with van der Waals surface area (Å²) in [4.78, 5) is 0. The average Bonchev–Trinajstić information content (AvgIpc) is 3.08. The predicted octanol–water partition coefficient (Wildman–Crippen LogP) is 2.29. The number of aromatic nitrogens is 4. The first-order valence-electron chi connectivity index (χ1n) is 7.11. The highest BCUT2D eigenvalue weighted by molar-refractivity contribution is 5.48. The van der Waals surface area contributed by atoms with Gasteiger partial charge in [0.05, 0.1) is 19.9 Å². The third-order valence-corrected chi connectivity index (χ3v) is 3.39. The lowest BCUT2D eigenvalue weighted by molar-refractivity contribution is 0.352. The molecule has 0 amide bonds. The Labute approximate surface area is 133 Å². The molecule has 0 aliphatic heterocycles. The molecule has 0 aliphatic carbocycles. The van der Waals surface area contributed by atoms with Gasteiger partial charge in [-0.05, 0) is 28.6 Å². The molecule has 7 nitrogen and oxygen atoms in total. The Hall–Kier alpha value is -3.09. The Morgan fingerprint density at radius 1 is 1.00 bits per heavy atom. The van der Waals surface area contributed by atoms with E-state index in [2.05, 4.69) is 20.8 Å². The number of methoxy groups -OCH3 is 2. The van der Waals surface area contributed by atoms with E-state index in [0.717, 1.165) is 11.3 Å². The van der Waals surface area contributed by atoms with Crippen molar-refractivity contribution in [1.82, 2.24) is 20.2 Å². The van der Waals surface area contributed by atoms with Gasteiger partial charge in [-0.3, -0.25) is 0 Å². The van der Waals surface area contributed by atoms with Crippen LogP contribution in [0.4, 0.5) is 5.95 Å². The lowest BCUT2D eigenvalue weighted by Gasteiger charge is -2.13. The van der Waals surface area contributed by atoms with Crippen molar-refractivity contribution in [1.29, 1.82) is 0 Å². The van der Waals surface area contributed by atoms with Crippen LogP contribution in [0.1, 0.15) is 5.56 Å². The zero-order valence-electron chi connectivity index (χ0n) is 12.9. The highest BCUT2D eigenvalue weighted by Crippen LogP contribution is 2.31. The number of tetrazole rings is 1. The van der Waals surface area contributed by atoms with Gasteiger partial charge in [-0.2, -0.15) is 4.68 Å². The van der Waals surface area contributed by atoms with Crippen LogP contribution in [0.5, 0.6) is 11.5 Å². The van der Waals surface area contributed by atoms with E-state index in [-0.39, 0.29) is 0 Å². The van der Waals surface area contributed by atoms with Crippen LogP contribution in [0, 0.1) is 0 Å². The molecule has 0 atom stereocenters. The van der Waals surface area contributed by atoms with Crippen molar-refractivity contribution in [3.05, 3.63) is 54.1 Å². The zero-order valence-corrected chi connectivity index (χ0v) is 12.9. The molecule has 0 radical (unpaired) electrons. The molecule has 0 fully saturated rings. The molecule has 1 heterocycles. The number of rotatable bonds is 6. The number of ether oxygens (including phenoxy) is 2. The van der Waals surface area contributed by atoms with E-state index < -0.39 is 0 Å². The first kappa shape index (κ1) is 14.8. The molecule has 1 aromatic heterocycles. The summed E-state index contributed by atoms with van der Waals surface area (Å²) in [5, 5.41) is 15.0. The van der Waals surface area contributed by atoms with Crippen molar-refractivity contribution < 1.29 is 9.47 Å². The van der Waals surface area contributed by atoms with E-state index in [1.165, 1.54) is 0 Å². The fourth-order valence-corrected chi connectivity index (χ4v) is 2.31. The molecule has 23 heavy (non-hydrogen) atoms. The molecule has 1 N–H and O–H groups in total. The molecule has 0 saturated heterocycles. The summed E-state index contributed by atoms with van der Waals surface area (Å²) in [5.41, 5.74) is 1.84. The van der Waals surface area contributed by atoms with Gasteiger partial charge in [-0.1, -0.05) is 35.4 Å². The highest BCUT2D eigenvalue weighted by atomic mass is 16.5. The number of para-hydroxylation sites is 2. The van der Waals surface area contributed by atoms with Crippen LogP contribution < -0.4 is 14.8 Å². The topological polar surface area (TPSA) is 74.1 Å². The standard InChI is InChI=1S/C16H17N5O2/c1-22-14-10-6-7-12(15(14)23-2)11-17-16-18-19-20-21(16)13-8-4-3-5-9-13/h3-10H,11H2,1-2H3,(H,17,18,20). The number of nitrogens with zero attached hydrogens (tertiary/aromatic N) is 4. The van der Waals surface area contributed by atoms with Crippen LogP contribution in [0.15, 0.2) is 48.5 Å². The van der Waals surface area contributed by atoms with Gasteiger partial charge in [0.1, 0.15) is 0 Å². The summed E-state index contributed by atoms with van der Waals surface area (Å²) in [7, 11) is 3.24. The Bertz CT molecular complexity index is 773. The van der Waals surface area contributed by atoms with Gasteiger partial charge in [0.25, 0.3) is 0 Å². The number of hydrogen-bond donors (Lipinski definition) is 1. The first-order chi connectivity index (χ1) is 11.3. The van der Waals surface area contributed by atoms with E-state index >= 15 is 0 Å². The number of hydrogen-bond acceptors (Lipinski definition) is 6. The smallest absolute Gasteiger partial charge is 0.248 e. The summed E-state index contributed by atoms with van der Waals surface area (Å²) in [6.07, 6.45) is 0. The maximum Gasteiger partial charge on any atom is 0.248 e. The monoisotopic (exact) mass is 311 g/mol. The minimum atomic E-state index is 0.508. The molecule has 3 aromatic rings. The number of benzene rings is 2. The second-order valence-electron chi connectivity index (χ2n) is 4.76. The Morgan fingerprint density at radius 2 is 1.83 bits per heavy atom. The normalized spacial score (nSPS) is 10.3. The van der Waals surface area contributed by atoms with E-state index in [4.69, 9.17) is 9.47 Å². The molecule has 118 valence electrons. The second kappa shape index (κ2) is 6.78. The third kappa shape index (κ3) is 3.08. The fourth-order valence-electron chi connectivity index (χ4n) is 2.31. The fraction of sp³-hybridized carbons (Fsp3) is 0.188. The van der Waals surface area contributed by atoms with Crippen LogP contribution in [-0.4, -0.2) is 34.4 Å². The third-order valence-electron chi connectivity index (χ3n) is 3.39. The molecule has 7 heteroatoms. The second-order valence-corrected chi connectivity index (χ2v) is 4.76. The molecular formula is C16H17N5O2. The largest absolute Gasteiger partial charge is 0.493 e. The van der Waals surface area contributed by atoms with Crippen molar-refractivity contribution in [2.45, 2.75) is 6.54 Å². The summed E-state index contributed by atoms with van der Waals surface area (Å²) < 4.78 is 12.4. The van der Waals surface area contributed by atoms with Gasteiger partial charge in [-0.15, -0.1) is 0 Å². The number of anilines is 1. The van der Waals surface area contributed by atoms with Crippen molar-refractivity contribution in [3.8, 4) is 17.2 Å². The van der Waals surface area contributed by atoms with E-state index in [0.29, 0.717) is 24.0 Å². The number of nitrogens with one attached hydrogen (secondary N) is 1. The van der Waals surface area contributed by atoms with Crippen LogP contribution >= 0.6 is 0 Å². The molecule has 0 spiro atoms. The highest BCUT2D eigenvalue weighted by Gasteiger charge is 2.12.